The monoisotopic (exact) mass is 366 g/mol. The summed E-state index contributed by atoms with van der Waals surface area (Å²) in [5.41, 5.74) is 1.21. The van der Waals surface area contributed by atoms with Gasteiger partial charge in [0.2, 0.25) is 0 Å². The molecule has 1 heterocycles. The van der Waals surface area contributed by atoms with Crippen LogP contribution in [0.4, 0.5) is 11.6 Å². The highest BCUT2D eigenvalue weighted by molar-refractivity contribution is 9.10. The molecule has 1 aromatic heterocycles. The Morgan fingerprint density at radius 3 is 2.57 bits per heavy atom. The Labute approximate surface area is 138 Å². The zero-order valence-corrected chi connectivity index (χ0v) is 14.6. The first-order chi connectivity index (χ1) is 10.2. The highest BCUT2D eigenvalue weighted by atomic mass is 79.9. The van der Waals surface area contributed by atoms with Crippen LogP contribution in [-0.2, 0) is 6.54 Å². The molecular weight excluding hydrogens is 348 g/mol. The molecule has 0 saturated heterocycles. The number of anilines is 2. The average Bonchev–Trinajstić information content (AvgIpc) is 2.51. The molecular formula is C15H19BrN4S. The van der Waals surface area contributed by atoms with Gasteiger partial charge < -0.3 is 10.6 Å². The fourth-order valence-corrected chi connectivity index (χ4v) is 2.62. The Morgan fingerprint density at radius 1 is 1.14 bits per heavy atom. The van der Waals surface area contributed by atoms with Gasteiger partial charge in [0.25, 0.3) is 0 Å². The number of hydrogen-bond acceptors (Lipinski definition) is 5. The van der Waals surface area contributed by atoms with Gasteiger partial charge in [-0.1, -0.05) is 46.7 Å². The van der Waals surface area contributed by atoms with Crippen molar-refractivity contribution in [3.63, 3.8) is 0 Å². The lowest BCUT2D eigenvalue weighted by molar-refractivity contribution is 0.922. The van der Waals surface area contributed by atoms with E-state index in [2.05, 4.69) is 55.6 Å². The first-order valence-corrected chi connectivity index (χ1v) is 8.88. The van der Waals surface area contributed by atoms with E-state index >= 15 is 0 Å². The molecule has 0 atom stereocenters. The van der Waals surface area contributed by atoms with E-state index in [1.165, 1.54) is 5.56 Å². The number of nitrogens with one attached hydrogen (secondary N) is 2. The number of nitrogens with zero attached hydrogens (tertiary/aromatic N) is 2. The van der Waals surface area contributed by atoms with E-state index < -0.39 is 0 Å². The summed E-state index contributed by atoms with van der Waals surface area (Å²) in [5.74, 6) is 1.71. The molecule has 0 spiro atoms. The molecule has 0 aliphatic heterocycles. The van der Waals surface area contributed by atoms with Crippen LogP contribution in [0.2, 0.25) is 0 Å². The number of hydrogen-bond donors (Lipinski definition) is 2. The summed E-state index contributed by atoms with van der Waals surface area (Å²) in [6.07, 6.45) is 3.05. The zero-order chi connectivity index (χ0) is 15.1. The summed E-state index contributed by atoms with van der Waals surface area (Å²) in [4.78, 5) is 8.94. The van der Waals surface area contributed by atoms with Gasteiger partial charge in [-0.2, -0.15) is 0 Å². The predicted molar refractivity (Wildman–Crippen MR) is 94.1 cm³/mol. The van der Waals surface area contributed by atoms with Crippen LogP contribution < -0.4 is 10.6 Å². The number of thioether (sulfide) groups is 1. The maximum atomic E-state index is 4.49. The molecule has 0 saturated carbocycles. The van der Waals surface area contributed by atoms with Gasteiger partial charge in [0, 0.05) is 23.6 Å². The third-order valence-electron chi connectivity index (χ3n) is 2.81. The molecule has 0 aliphatic carbocycles. The van der Waals surface area contributed by atoms with E-state index in [0.29, 0.717) is 0 Å². The van der Waals surface area contributed by atoms with E-state index in [1.807, 2.05) is 24.5 Å². The average molecular weight is 367 g/mol. The van der Waals surface area contributed by atoms with Crippen LogP contribution in [0.3, 0.4) is 0 Å². The first kappa shape index (κ1) is 16.1. The fourth-order valence-electron chi connectivity index (χ4n) is 1.79. The molecule has 0 amide bonds. The van der Waals surface area contributed by atoms with E-state index in [4.69, 9.17) is 0 Å². The van der Waals surface area contributed by atoms with Crippen molar-refractivity contribution in [1.82, 2.24) is 9.97 Å². The van der Waals surface area contributed by atoms with Crippen molar-refractivity contribution in [3.05, 3.63) is 40.4 Å². The summed E-state index contributed by atoms with van der Waals surface area (Å²) < 4.78 is 1.08. The Kier molecular flexibility index (Phi) is 6.32. The second kappa shape index (κ2) is 8.24. The topological polar surface area (TPSA) is 49.8 Å². The molecule has 2 N–H and O–H groups in total. The Bertz CT molecular complexity index is 592. The van der Waals surface area contributed by atoms with Crippen molar-refractivity contribution in [2.24, 2.45) is 0 Å². The Balaban J connectivity index is 2.07. The van der Waals surface area contributed by atoms with Crippen LogP contribution in [0, 0.1) is 0 Å². The van der Waals surface area contributed by atoms with Gasteiger partial charge in [0.15, 0.2) is 5.16 Å². The fraction of sp³-hybridized carbons (Fsp3) is 0.333. The van der Waals surface area contributed by atoms with Gasteiger partial charge in [0.1, 0.15) is 11.6 Å². The molecule has 0 unspecified atom stereocenters. The summed E-state index contributed by atoms with van der Waals surface area (Å²) >= 11 is 5.03. The molecule has 2 rings (SSSR count). The normalized spacial score (nSPS) is 10.4. The Morgan fingerprint density at radius 2 is 1.90 bits per heavy atom. The van der Waals surface area contributed by atoms with Crippen LogP contribution >= 0.6 is 27.7 Å². The summed E-state index contributed by atoms with van der Waals surface area (Å²) in [6.45, 7) is 3.78. The zero-order valence-electron chi connectivity index (χ0n) is 12.2. The van der Waals surface area contributed by atoms with Crippen LogP contribution in [0.15, 0.2) is 40.0 Å². The van der Waals surface area contributed by atoms with E-state index in [0.717, 1.165) is 40.8 Å². The third kappa shape index (κ3) is 5.21. The SMILES string of the molecule is CCCNc1cc(NCc2cccc(Br)c2)nc(SC)n1. The van der Waals surface area contributed by atoms with Gasteiger partial charge in [-0.15, -0.1) is 0 Å². The molecule has 6 heteroatoms. The summed E-state index contributed by atoms with van der Waals surface area (Å²) in [7, 11) is 0. The molecule has 112 valence electrons. The molecule has 0 radical (unpaired) electrons. The van der Waals surface area contributed by atoms with E-state index in [9.17, 15) is 0 Å². The maximum Gasteiger partial charge on any atom is 0.191 e. The summed E-state index contributed by atoms with van der Waals surface area (Å²) in [5, 5.41) is 7.43. The second-order valence-electron chi connectivity index (χ2n) is 4.54. The van der Waals surface area contributed by atoms with Crippen molar-refractivity contribution in [1.29, 1.82) is 0 Å². The second-order valence-corrected chi connectivity index (χ2v) is 6.22. The van der Waals surface area contributed by atoms with E-state index in [-0.39, 0.29) is 0 Å². The smallest absolute Gasteiger partial charge is 0.191 e. The number of benzene rings is 1. The van der Waals surface area contributed by atoms with Crippen LogP contribution in [0.25, 0.3) is 0 Å². The van der Waals surface area contributed by atoms with Crippen LogP contribution in [-0.4, -0.2) is 22.8 Å². The maximum absolute atomic E-state index is 4.49. The molecule has 2 aromatic rings. The lowest BCUT2D eigenvalue weighted by Crippen LogP contribution is -2.07. The number of rotatable bonds is 7. The minimum absolute atomic E-state index is 0.734. The third-order valence-corrected chi connectivity index (χ3v) is 3.85. The van der Waals surface area contributed by atoms with E-state index in [1.54, 1.807) is 11.8 Å². The molecule has 0 fully saturated rings. The van der Waals surface area contributed by atoms with Crippen molar-refractivity contribution < 1.29 is 0 Å². The molecule has 0 bridgehead atoms. The highest BCUT2D eigenvalue weighted by Crippen LogP contribution is 2.18. The first-order valence-electron chi connectivity index (χ1n) is 6.86. The minimum atomic E-state index is 0.734. The quantitative estimate of drug-likeness (QED) is 0.561. The number of halogens is 1. The van der Waals surface area contributed by atoms with Crippen molar-refractivity contribution in [2.45, 2.75) is 25.0 Å². The van der Waals surface area contributed by atoms with Gasteiger partial charge in [-0.3, -0.25) is 0 Å². The largest absolute Gasteiger partial charge is 0.370 e. The summed E-state index contributed by atoms with van der Waals surface area (Å²) in [6, 6.07) is 10.2. The molecule has 0 aliphatic rings. The lowest BCUT2D eigenvalue weighted by Gasteiger charge is -2.10. The lowest BCUT2D eigenvalue weighted by atomic mass is 10.2. The van der Waals surface area contributed by atoms with Crippen LogP contribution in [0.1, 0.15) is 18.9 Å². The van der Waals surface area contributed by atoms with Gasteiger partial charge in [-0.05, 0) is 30.4 Å². The van der Waals surface area contributed by atoms with Gasteiger partial charge >= 0.3 is 0 Å². The van der Waals surface area contributed by atoms with Crippen molar-refractivity contribution in [2.75, 3.05) is 23.4 Å². The Hall–Kier alpha value is -1.27. The van der Waals surface area contributed by atoms with Gasteiger partial charge in [0.05, 0.1) is 0 Å². The molecule has 4 nitrogen and oxygen atoms in total. The van der Waals surface area contributed by atoms with Gasteiger partial charge in [-0.25, -0.2) is 9.97 Å². The van der Waals surface area contributed by atoms with Crippen molar-refractivity contribution >= 4 is 39.3 Å². The molecule has 21 heavy (non-hydrogen) atoms. The standard InChI is InChI=1S/C15H19BrN4S/c1-3-7-17-13-9-14(20-15(19-13)21-2)18-10-11-5-4-6-12(16)8-11/h4-6,8-9H,3,7,10H2,1-2H3,(H2,17,18,19,20). The number of aromatic nitrogens is 2. The van der Waals surface area contributed by atoms with Crippen molar-refractivity contribution in [3.8, 4) is 0 Å². The highest BCUT2D eigenvalue weighted by Gasteiger charge is 2.04. The van der Waals surface area contributed by atoms with Crippen LogP contribution in [0.5, 0.6) is 0 Å². The minimum Gasteiger partial charge on any atom is -0.370 e. The molecule has 1 aromatic carbocycles. The predicted octanol–water partition coefficient (Wildman–Crippen LogP) is 4.40.